The van der Waals surface area contributed by atoms with E-state index in [4.69, 9.17) is 5.73 Å². The van der Waals surface area contributed by atoms with E-state index in [1.165, 1.54) is 12.1 Å². The van der Waals surface area contributed by atoms with Crippen molar-refractivity contribution >= 4 is 28.7 Å². The second-order valence-electron chi connectivity index (χ2n) is 4.25. The fourth-order valence-electron chi connectivity index (χ4n) is 2.03. The number of hydrogen-bond acceptors (Lipinski definition) is 4. The Morgan fingerprint density at radius 2 is 2.20 bits per heavy atom. The summed E-state index contributed by atoms with van der Waals surface area (Å²) in [5, 5.41) is 11.2. The summed E-state index contributed by atoms with van der Waals surface area (Å²) in [5.41, 5.74) is 5.51. The lowest BCUT2D eigenvalue weighted by atomic mass is 10.1. The molecule has 1 aromatic carbocycles. The molecule has 0 aliphatic rings. The molecule has 0 saturated carbocycles. The van der Waals surface area contributed by atoms with Crippen molar-refractivity contribution < 1.29 is 14.3 Å². The molecule has 20 heavy (non-hydrogen) atoms. The number of nitrogens with two attached hydrogens (primary N) is 1. The van der Waals surface area contributed by atoms with Crippen LogP contribution in [0.5, 0.6) is 0 Å². The fraction of sp³-hybridized carbons (Fsp3) is 0.214. The van der Waals surface area contributed by atoms with Crippen LogP contribution in [0.3, 0.4) is 0 Å². The normalized spacial score (nSPS) is 10.5. The summed E-state index contributed by atoms with van der Waals surface area (Å²) in [7, 11) is 0. The van der Waals surface area contributed by atoms with Gasteiger partial charge in [0.05, 0.1) is 17.9 Å². The molecule has 0 bridgehead atoms. The van der Waals surface area contributed by atoms with Crippen LogP contribution in [0.25, 0.3) is 0 Å². The Kier molecular flexibility index (Phi) is 4.24. The van der Waals surface area contributed by atoms with Gasteiger partial charge in [-0.15, -0.1) is 11.3 Å². The third-order valence-corrected chi connectivity index (χ3v) is 3.89. The average Bonchev–Trinajstić information content (AvgIpc) is 2.91. The van der Waals surface area contributed by atoms with Crippen molar-refractivity contribution in [3.63, 3.8) is 0 Å². The van der Waals surface area contributed by atoms with Crippen LogP contribution in [0.15, 0.2) is 29.6 Å². The molecule has 0 amide bonds. The summed E-state index contributed by atoms with van der Waals surface area (Å²) in [6.45, 7) is 3.08. The highest BCUT2D eigenvalue weighted by atomic mass is 32.1. The molecule has 0 unspecified atom stereocenters. The number of carboxylic acid groups (broad SMARTS) is 1. The van der Waals surface area contributed by atoms with Gasteiger partial charge in [0.1, 0.15) is 11.4 Å². The summed E-state index contributed by atoms with van der Waals surface area (Å²) in [4.78, 5) is 14.3. The molecule has 4 nitrogen and oxygen atoms in total. The minimum absolute atomic E-state index is 0.177. The maximum Gasteiger partial charge on any atom is 0.340 e. The van der Waals surface area contributed by atoms with E-state index in [1.807, 2.05) is 29.3 Å². The molecule has 2 rings (SSSR count). The van der Waals surface area contributed by atoms with Gasteiger partial charge in [-0.1, -0.05) is 6.07 Å². The number of rotatable bonds is 5. The zero-order valence-electron chi connectivity index (χ0n) is 11.0. The summed E-state index contributed by atoms with van der Waals surface area (Å²) in [5.74, 6) is -1.93. The Hall–Kier alpha value is -2.08. The number of halogens is 1. The topological polar surface area (TPSA) is 66.6 Å². The molecule has 0 spiro atoms. The Morgan fingerprint density at radius 3 is 2.75 bits per heavy atom. The first-order valence-corrected chi connectivity index (χ1v) is 7.01. The lowest BCUT2D eigenvalue weighted by Gasteiger charge is -2.25. The SMILES string of the molecule is CCN(Cc1cccs1)c1ccc(F)c(N)c1C(=O)O. The Morgan fingerprint density at radius 1 is 1.45 bits per heavy atom. The monoisotopic (exact) mass is 294 g/mol. The molecule has 0 aliphatic heterocycles. The first-order valence-electron chi connectivity index (χ1n) is 6.13. The van der Waals surface area contributed by atoms with E-state index < -0.39 is 11.8 Å². The number of hydrogen-bond donors (Lipinski definition) is 2. The molecule has 6 heteroatoms. The molecule has 1 aromatic heterocycles. The number of carboxylic acids is 1. The molecule has 0 radical (unpaired) electrons. The van der Waals surface area contributed by atoms with Crippen molar-refractivity contribution in [3.8, 4) is 0 Å². The Bertz CT molecular complexity index is 614. The molecular weight excluding hydrogens is 279 g/mol. The molecule has 2 aromatic rings. The largest absolute Gasteiger partial charge is 0.478 e. The highest BCUT2D eigenvalue weighted by Crippen LogP contribution is 2.29. The van der Waals surface area contributed by atoms with E-state index in [9.17, 15) is 14.3 Å². The molecule has 0 atom stereocenters. The summed E-state index contributed by atoms with van der Waals surface area (Å²) < 4.78 is 13.5. The standard InChI is InChI=1S/C14H15FN2O2S/c1-2-17(8-9-4-3-7-20-9)11-6-5-10(15)13(16)12(11)14(18)19/h3-7H,2,8,16H2,1H3,(H,18,19). The molecule has 3 N–H and O–H groups in total. The van der Waals surface area contributed by atoms with Crippen molar-refractivity contribution in [3.05, 3.63) is 45.9 Å². The lowest BCUT2D eigenvalue weighted by molar-refractivity contribution is 0.0698. The molecule has 1 heterocycles. The van der Waals surface area contributed by atoms with Crippen molar-refractivity contribution in [2.45, 2.75) is 13.5 Å². The third kappa shape index (κ3) is 2.75. The van der Waals surface area contributed by atoms with Crippen LogP contribution in [0.2, 0.25) is 0 Å². The molecule has 0 aliphatic carbocycles. The van der Waals surface area contributed by atoms with Gasteiger partial charge >= 0.3 is 5.97 Å². The quantitative estimate of drug-likeness (QED) is 0.831. The maximum absolute atomic E-state index is 13.5. The van der Waals surface area contributed by atoms with Crippen LogP contribution in [0.4, 0.5) is 15.8 Å². The van der Waals surface area contributed by atoms with Crippen LogP contribution in [-0.4, -0.2) is 17.6 Å². The Balaban J connectivity index is 2.44. The average molecular weight is 294 g/mol. The minimum atomic E-state index is -1.22. The zero-order valence-corrected chi connectivity index (χ0v) is 11.8. The number of benzene rings is 1. The van der Waals surface area contributed by atoms with E-state index >= 15 is 0 Å². The van der Waals surface area contributed by atoms with E-state index in [0.717, 1.165) is 4.88 Å². The molecule has 0 saturated heterocycles. The zero-order chi connectivity index (χ0) is 14.7. The van der Waals surface area contributed by atoms with Crippen molar-refractivity contribution in [2.24, 2.45) is 0 Å². The third-order valence-electron chi connectivity index (χ3n) is 3.03. The van der Waals surface area contributed by atoms with E-state index in [1.54, 1.807) is 11.3 Å². The van der Waals surface area contributed by atoms with Crippen molar-refractivity contribution in [2.75, 3.05) is 17.2 Å². The van der Waals surface area contributed by atoms with E-state index in [-0.39, 0.29) is 11.3 Å². The maximum atomic E-state index is 13.5. The lowest BCUT2D eigenvalue weighted by Crippen LogP contribution is -2.24. The van der Waals surface area contributed by atoms with Gasteiger partial charge in [-0.05, 0) is 30.5 Å². The number of aromatic carboxylic acids is 1. The molecular formula is C14H15FN2O2S. The Labute approximate surface area is 120 Å². The first kappa shape index (κ1) is 14.3. The van der Waals surface area contributed by atoms with E-state index in [0.29, 0.717) is 18.8 Å². The van der Waals surface area contributed by atoms with Crippen LogP contribution in [0.1, 0.15) is 22.2 Å². The predicted octanol–water partition coefficient (Wildman–Crippen LogP) is 3.19. The second kappa shape index (κ2) is 5.92. The number of carbonyl (C=O) groups is 1. The molecule has 0 fully saturated rings. The highest BCUT2D eigenvalue weighted by Gasteiger charge is 2.21. The second-order valence-corrected chi connectivity index (χ2v) is 5.29. The highest BCUT2D eigenvalue weighted by molar-refractivity contribution is 7.09. The van der Waals surface area contributed by atoms with Crippen LogP contribution in [-0.2, 0) is 6.54 Å². The van der Waals surface area contributed by atoms with Crippen LogP contribution >= 0.6 is 11.3 Å². The van der Waals surface area contributed by atoms with E-state index in [2.05, 4.69) is 0 Å². The smallest absolute Gasteiger partial charge is 0.340 e. The number of anilines is 2. The van der Waals surface area contributed by atoms with Gasteiger partial charge in [-0.2, -0.15) is 0 Å². The van der Waals surface area contributed by atoms with Gasteiger partial charge < -0.3 is 15.7 Å². The van der Waals surface area contributed by atoms with Gasteiger partial charge in [0.25, 0.3) is 0 Å². The summed E-state index contributed by atoms with van der Waals surface area (Å²) in [6, 6.07) is 6.58. The van der Waals surface area contributed by atoms with Crippen molar-refractivity contribution in [1.82, 2.24) is 0 Å². The number of nitrogen functional groups attached to an aromatic ring is 1. The predicted molar refractivity (Wildman–Crippen MR) is 78.8 cm³/mol. The summed E-state index contributed by atoms with van der Waals surface area (Å²) in [6.07, 6.45) is 0. The summed E-state index contributed by atoms with van der Waals surface area (Å²) >= 11 is 1.59. The van der Waals surface area contributed by atoms with Crippen molar-refractivity contribution in [1.29, 1.82) is 0 Å². The first-order chi connectivity index (χ1) is 9.54. The minimum Gasteiger partial charge on any atom is -0.478 e. The molecule has 106 valence electrons. The van der Waals surface area contributed by atoms with Gasteiger partial charge in [0.15, 0.2) is 0 Å². The van der Waals surface area contributed by atoms with Gasteiger partial charge in [-0.3, -0.25) is 0 Å². The number of nitrogens with zero attached hydrogens (tertiary/aromatic N) is 1. The number of thiophene rings is 1. The van der Waals surface area contributed by atoms with Crippen LogP contribution in [0, 0.1) is 5.82 Å². The van der Waals surface area contributed by atoms with Crippen LogP contribution < -0.4 is 10.6 Å². The van der Waals surface area contributed by atoms with Gasteiger partial charge in [0, 0.05) is 11.4 Å². The van der Waals surface area contributed by atoms with Gasteiger partial charge in [-0.25, -0.2) is 9.18 Å². The van der Waals surface area contributed by atoms with Gasteiger partial charge in [0.2, 0.25) is 0 Å². The fourth-order valence-corrected chi connectivity index (χ4v) is 2.75.